The number of pyridine rings is 1. The van der Waals surface area contributed by atoms with Crippen molar-refractivity contribution in [3.63, 3.8) is 0 Å². The van der Waals surface area contributed by atoms with Gasteiger partial charge in [-0.15, -0.1) is 0 Å². The number of sulfonamides is 1. The molecule has 0 aromatic carbocycles. The third-order valence-electron chi connectivity index (χ3n) is 4.60. The molecule has 3 N–H and O–H groups in total. The number of hydrogen-bond donors (Lipinski definition) is 3. The Morgan fingerprint density at radius 3 is 2.08 bits per heavy atom. The number of aryl methyl sites for hydroxylation is 2. The van der Waals surface area contributed by atoms with Crippen molar-refractivity contribution < 1.29 is 54.6 Å². The van der Waals surface area contributed by atoms with E-state index in [-0.39, 0.29) is 6.54 Å². The highest BCUT2D eigenvalue weighted by Crippen LogP contribution is 2.18. The second-order valence-corrected chi connectivity index (χ2v) is 9.70. The first kappa shape index (κ1) is 32.8. The second kappa shape index (κ2) is 13.5. The molecule has 18 heteroatoms. The van der Waals surface area contributed by atoms with Gasteiger partial charge in [0.25, 0.3) is 0 Å². The third kappa shape index (κ3) is 12.3. The van der Waals surface area contributed by atoms with Gasteiger partial charge in [0, 0.05) is 31.9 Å². The summed E-state index contributed by atoms with van der Waals surface area (Å²) in [5.74, 6) is -5.51. The van der Waals surface area contributed by atoms with Crippen LogP contribution in [0.25, 0.3) is 0 Å². The van der Waals surface area contributed by atoms with Gasteiger partial charge < -0.3 is 14.8 Å². The first-order chi connectivity index (χ1) is 17.3. The fraction of sp³-hybridized carbons (Fsp3) is 0.500. The van der Waals surface area contributed by atoms with E-state index in [1.807, 2.05) is 31.5 Å². The lowest BCUT2D eigenvalue weighted by Gasteiger charge is -2.20. The molecule has 2 aromatic heterocycles. The Morgan fingerprint density at radius 2 is 1.61 bits per heavy atom. The quantitative estimate of drug-likeness (QED) is 0.454. The largest absolute Gasteiger partial charge is 0.490 e. The minimum absolute atomic E-state index is 0.234. The molecule has 3 rings (SSSR count). The van der Waals surface area contributed by atoms with Gasteiger partial charge in [-0.1, -0.05) is 6.07 Å². The van der Waals surface area contributed by atoms with Crippen LogP contribution < -0.4 is 4.72 Å². The van der Waals surface area contributed by atoms with Crippen LogP contribution in [-0.2, 0) is 45.8 Å². The fourth-order valence-corrected chi connectivity index (χ4v) is 3.38. The van der Waals surface area contributed by atoms with E-state index in [1.54, 1.807) is 0 Å². The Balaban J connectivity index is 0.000000426. The zero-order valence-corrected chi connectivity index (χ0v) is 20.9. The van der Waals surface area contributed by atoms with Crippen molar-refractivity contribution in [1.29, 1.82) is 0 Å². The van der Waals surface area contributed by atoms with Crippen molar-refractivity contribution in [3.05, 3.63) is 47.3 Å². The minimum atomic E-state index is -5.08. The van der Waals surface area contributed by atoms with Crippen LogP contribution in [0.1, 0.15) is 29.2 Å². The number of nitrogens with one attached hydrogen (secondary N) is 1. The smallest absolute Gasteiger partial charge is 0.475 e. The Labute approximate surface area is 213 Å². The van der Waals surface area contributed by atoms with Gasteiger partial charge in [0.1, 0.15) is 0 Å². The summed E-state index contributed by atoms with van der Waals surface area (Å²) in [6.45, 7) is 5.64. The molecule has 0 aliphatic carbocycles. The van der Waals surface area contributed by atoms with Crippen molar-refractivity contribution in [1.82, 2.24) is 24.2 Å². The molecule has 214 valence electrons. The Kier molecular flexibility index (Phi) is 11.7. The lowest BCUT2D eigenvalue weighted by Crippen LogP contribution is -2.26. The summed E-state index contributed by atoms with van der Waals surface area (Å²) in [6, 6.07) is 6.07. The average molecular weight is 578 g/mol. The highest BCUT2D eigenvalue weighted by molar-refractivity contribution is 7.88. The summed E-state index contributed by atoms with van der Waals surface area (Å²) in [7, 11) is -3.23. The maximum Gasteiger partial charge on any atom is 0.490 e. The van der Waals surface area contributed by atoms with Crippen molar-refractivity contribution >= 4 is 22.0 Å². The molecule has 1 aliphatic heterocycles. The number of nitrogens with zero attached hydrogens (tertiary/aromatic N) is 4. The van der Waals surface area contributed by atoms with E-state index in [4.69, 9.17) is 19.8 Å². The second-order valence-electron chi connectivity index (χ2n) is 7.86. The lowest BCUT2D eigenvalue weighted by molar-refractivity contribution is -0.193. The number of imidazole rings is 1. The number of rotatable bonds is 5. The standard InChI is InChI=1S/C16H23N5O2S.2C2HF3O2/c1-13-5-3-6-14(19-13)10-20-7-4-8-21-12-17-15(16(21)11-20)9-18-24(2,22)23;2*3-2(4,5)1(6)7/h3,5-6,12,18H,4,7-11H2,1-2H3;2*(H,6,7). The van der Waals surface area contributed by atoms with Gasteiger partial charge in [0.2, 0.25) is 10.0 Å². The molecule has 3 heterocycles. The molecule has 1 aliphatic rings. The van der Waals surface area contributed by atoms with Crippen LogP contribution in [0.15, 0.2) is 24.5 Å². The highest BCUT2D eigenvalue weighted by Gasteiger charge is 2.38. The summed E-state index contributed by atoms with van der Waals surface area (Å²) in [5, 5.41) is 14.2. The van der Waals surface area contributed by atoms with Gasteiger partial charge in [-0.25, -0.2) is 27.7 Å². The monoisotopic (exact) mass is 577 g/mol. The SMILES string of the molecule is Cc1cccc(CN2CCCn3cnc(CNS(C)(=O)=O)c3C2)n1.O=C(O)C(F)(F)F.O=C(O)C(F)(F)F. The van der Waals surface area contributed by atoms with E-state index in [1.165, 1.54) is 0 Å². The molecule has 11 nitrogen and oxygen atoms in total. The van der Waals surface area contributed by atoms with Crippen molar-refractivity contribution in [3.8, 4) is 0 Å². The van der Waals surface area contributed by atoms with Gasteiger partial charge in [0.05, 0.1) is 36.2 Å². The highest BCUT2D eigenvalue weighted by atomic mass is 32.2. The molecule has 0 radical (unpaired) electrons. The van der Waals surface area contributed by atoms with Crippen LogP contribution in [0.4, 0.5) is 26.3 Å². The Morgan fingerprint density at radius 1 is 1.05 bits per heavy atom. The van der Waals surface area contributed by atoms with E-state index >= 15 is 0 Å². The summed E-state index contributed by atoms with van der Waals surface area (Å²) in [5.41, 5.74) is 3.95. The summed E-state index contributed by atoms with van der Waals surface area (Å²) < 4.78 is 90.8. The molecule has 0 spiro atoms. The third-order valence-corrected chi connectivity index (χ3v) is 5.27. The first-order valence-corrected chi connectivity index (χ1v) is 12.4. The lowest BCUT2D eigenvalue weighted by atomic mass is 10.2. The van der Waals surface area contributed by atoms with Crippen molar-refractivity contribution in [2.75, 3.05) is 12.8 Å². The number of aromatic nitrogens is 3. The van der Waals surface area contributed by atoms with Crippen LogP contribution >= 0.6 is 0 Å². The van der Waals surface area contributed by atoms with Crippen molar-refractivity contribution in [2.24, 2.45) is 0 Å². The number of halogens is 6. The maximum atomic E-state index is 11.3. The predicted molar refractivity (Wildman–Crippen MR) is 119 cm³/mol. The molecule has 38 heavy (non-hydrogen) atoms. The van der Waals surface area contributed by atoms with Gasteiger partial charge >= 0.3 is 24.3 Å². The van der Waals surface area contributed by atoms with Crippen LogP contribution in [0.5, 0.6) is 0 Å². The summed E-state index contributed by atoms with van der Waals surface area (Å²) in [4.78, 5) is 29.1. The molecule has 0 amide bonds. The number of carboxylic acids is 2. The maximum absolute atomic E-state index is 11.3. The minimum Gasteiger partial charge on any atom is -0.475 e. The molecule has 0 saturated carbocycles. The van der Waals surface area contributed by atoms with E-state index in [0.29, 0.717) is 0 Å². The number of aliphatic carboxylic acids is 2. The zero-order valence-electron chi connectivity index (χ0n) is 20.0. The average Bonchev–Trinajstić information content (AvgIpc) is 3.01. The summed E-state index contributed by atoms with van der Waals surface area (Å²) >= 11 is 0. The molecule has 0 bridgehead atoms. The van der Waals surface area contributed by atoms with Gasteiger partial charge in [-0.05, 0) is 25.5 Å². The Bertz CT molecular complexity index is 1180. The Hall–Kier alpha value is -3.25. The number of fused-ring (bicyclic) bond motifs is 1. The van der Waals surface area contributed by atoms with Gasteiger partial charge in [0.15, 0.2) is 0 Å². The van der Waals surface area contributed by atoms with Gasteiger partial charge in [-0.3, -0.25) is 9.88 Å². The first-order valence-electron chi connectivity index (χ1n) is 10.5. The molecule has 2 aromatic rings. The summed E-state index contributed by atoms with van der Waals surface area (Å²) in [6.07, 6.45) is -6.16. The van der Waals surface area contributed by atoms with Crippen LogP contribution in [0, 0.1) is 6.92 Å². The van der Waals surface area contributed by atoms with E-state index in [0.717, 1.165) is 61.6 Å². The van der Waals surface area contributed by atoms with Gasteiger partial charge in [-0.2, -0.15) is 26.3 Å². The number of carboxylic acid groups (broad SMARTS) is 2. The number of carbonyl (C=O) groups is 2. The molecular formula is C20H25F6N5O6S. The zero-order chi connectivity index (χ0) is 29.3. The van der Waals surface area contributed by atoms with E-state index < -0.39 is 34.3 Å². The number of alkyl halides is 6. The van der Waals surface area contributed by atoms with E-state index in [9.17, 15) is 34.8 Å². The van der Waals surface area contributed by atoms with E-state index in [2.05, 4.69) is 24.2 Å². The molecule has 0 saturated heterocycles. The molecule has 0 fully saturated rings. The van der Waals surface area contributed by atoms with Crippen LogP contribution in [0.3, 0.4) is 0 Å². The molecular weight excluding hydrogens is 552 g/mol. The van der Waals surface area contributed by atoms with Crippen LogP contribution in [0.2, 0.25) is 0 Å². The topological polar surface area (TPSA) is 155 Å². The number of hydrogen-bond acceptors (Lipinski definition) is 7. The normalized spacial score (nSPS) is 14.2. The molecule has 0 unspecified atom stereocenters. The van der Waals surface area contributed by atoms with Crippen molar-refractivity contribution in [2.45, 2.75) is 51.9 Å². The predicted octanol–water partition coefficient (Wildman–Crippen LogP) is 2.31. The fourth-order valence-electron chi connectivity index (χ4n) is 2.98. The molecule has 0 atom stereocenters. The van der Waals surface area contributed by atoms with Crippen LogP contribution in [-0.4, -0.2) is 75.2 Å².